The maximum Gasteiger partial charge on any atom is 0.263 e. The Morgan fingerprint density at radius 1 is 1.48 bits per heavy atom. The fourth-order valence-electron chi connectivity index (χ4n) is 1.58. The Balaban J connectivity index is 1.97. The van der Waals surface area contributed by atoms with Crippen molar-refractivity contribution in [2.45, 2.75) is 6.92 Å². The van der Waals surface area contributed by atoms with Crippen molar-refractivity contribution >= 4 is 23.3 Å². The molecule has 0 bridgehead atoms. The third kappa shape index (κ3) is 4.06. The van der Waals surface area contributed by atoms with Gasteiger partial charge in [0, 0.05) is 31.2 Å². The van der Waals surface area contributed by atoms with Crippen molar-refractivity contribution < 1.29 is 9.53 Å². The molecular weight excluding hydrogens is 294 g/mol. The van der Waals surface area contributed by atoms with Crippen LogP contribution in [0.5, 0.6) is 5.75 Å². The van der Waals surface area contributed by atoms with E-state index in [1.165, 1.54) is 12.3 Å². The molecule has 1 amide bonds. The monoisotopic (exact) mass is 307 g/mol. The van der Waals surface area contributed by atoms with E-state index in [0.29, 0.717) is 10.8 Å². The van der Waals surface area contributed by atoms with Gasteiger partial charge in [0.25, 0.3) is 5.91 Å². The molecular formula is C14H14ClN3O3. The van der Waals surface area contributed by atoms with Crippen molar-refractivity contribution in [1.29, 1.82) is 0 Å². The minimum Gasteiger partial charge on any atom is -0.478 e. The molecule has 0 saturated carbocycles. The van der Waals surface area contributed by atoms with Gasteiger partial charge in [-0.1, -0.05) is 11.6 Å². The summed E-state index contributed by atoms with van der Waals surface area (Å²) >= 11 is 5.70. The zero-order valence-corrected chi connectivity index (χ0v) is 12.3. The molecule has 1 N–H and O–H groups in total. The molecule has 0 aliphatic heterocycles. The maximum atomic E-state index is 11.7. The lowest BCUT2D eigenvalue weighted by atomic mass is 10.3. The van der Waals surface area contributed by atoms with Gasteiger partial charge in [-0.05, 0) is 19.1 Å². The van der Waals surface area contributed by atoms with Gasteiger partial charge in [-0.2, -0.15) is 0 Å². The molecule has 2 aromatic heterocycles. The number of hydrogen-bond acceptors (Lipinski definition) is 4. The number of rotatable bonds is 4. The van der Waals surface area contributed by atoms with Crippen molar-refractivity contribution in [3.8, 4) is 5.75 Å². The number of hydrogen-bond donors (Lipinski definition) is 1. The molecule has 2 aromatic rings. The Morgan fingerprint density at radius 3 is 2.90 bits per heavy atom. The number of halogens is 1. The van der Waals surface area contributed by atoms with Gasteiger partial charge in [-0.3, -0.25) is 9.59 Å². The molecule has 2 heterocycles. The molecule has 0 radical (unpaired) electrons. The van der Waals surface area contributed by atoms with Gasteiger partial charge in [0.05, 0.1) is 5.02 Å². The van der Waals surface area contributed by atoms with Crippen LogP contribution in [-0.4, -0.2) is 22.1 Å². The lowest BCUT2D eigenvalue weighted by Gasteiger charge is -2.09. The average molecular weight is 308 g/mol. The predicted molar refractivity (Wildman–Crippen MR) is 79.8 cm³/mol. The highest BCUT2D eigenvalue weighted by molar-refractivity contribution is 6.30. The molecule has 0 aliphatic rings. The van der Waals surface area contributed by atoms with E-state index in [4.69, 9.17) is 16.3 Å². The van der Waals surface area contributed by atoms with E-state index < -0.39 is 5.91 Å². The van der Waals surface area contributed by atoms with E-state index in [1.54, 1.807) is 29.9 Å². The van der Waals surface area contributed by atoms with Crippen LogP contribution in [0, 0.1) is 6.92 Å². The standard InChI is InChI=1S/C14H14ClN3O3/c1-9-5-11(19)12(7-18(9)2)21-8-14(20)17-13-4-3-10(15)6-16-13/h3-7H,8H2,1-2H3,(H,16,17,20). The number of ether oxygens (including phenoxy) is 1. The van der Waals surface area contributed by atoms with Gasteiger partial charge in [-0.25, -0.2) is 4.98 Å². The summed E-state index contributed by atoms with van der Waals surface area (Å²) in [5, 5.41) is 3.02. The molecule has 21 heavy (non-hydrogen) atoms. The zero-order valence-electron chi connectivity index (χ0n) is 11.6. The number of amides is 1. The van der Waals surface area contributed by atoms with Crippen molar-refractivity contribution in [2.75, 3.05) is 11.9 Å². The summed E-state index contributed by atoms with van der Waals surface area (Å²) in [5.74, 6) is 0.0829. The van der Waals surface area contributed by atoms with Crippen LogP contribution in [0.2, 0.25) is 5.02 Å². The van der Waals surface area contributed by atoms with Gasteiger partial charge in [0.2, 0.25) is 5.43 Å². The molecule has 6 nitrogen and oxygen atoms in total. The number of carbonyl (C=O) groups excluding carboxylic acids is 1. The Hall–Kier alpha value is -2.34. The third-order valence-electron chi connectivity index (χ3n) is 2.80. The SMILES string of the molecule is Cc1cc(=O)c(OCC(=O)Nc2ccc(Cl)cn2)cn1C. The number of nitrogens with zero attached hydrogens (tertiary/aromatic N) is 2. The molecule has 0 aliphatic carbocycles. The summed E-state index contributed by atoms with van der Waals surface area (Å²) in [6, 6.07) is 4.64. The molecule has 0 saturated heterocycles. The van der Waals surface area contributed by atoms with Gasteiger partial charge in [0.15, 0.2) is 12.4 Å². The molecule has 110 valence electrons. The molecule has 0 spiro atoms. The highest BCUT2D eigenvalue weighted by Gasteiger charge is 2.08. The fourth-order valence-corrected chi connectivity index (χ4v) is 1.70. The van der Waals surface area contributed by atoms with Crippen LogP contribution >= 0.6 is 11.6 Å². The summed E-state index contributed by atoms with van der Waals surface area (Å²) < 4.78 is 6.98. The van der Waals surface area contributed by atoms with E-state index in [1.807, 2.05) is 6.92 Å². The minimum atomic E-state index is -0.410. The van der Waals surface area contributed by atoms with Gasteiger partial charge < -0.3 is 14.6 Å². The average Bonchev–Trinajstić information content (AvgIpc) is 2.44. The van der Waals surface area contributed by atoms with Gasteiger partial charge in [0.1, 0.15) is 5.82 Å². The molecule has 7 heteroatoms. The highest BCUT2D eigenvalue weighted by atomic mass is 35.5. The van der Waals surface area contributed by atoms with Crippen LogP contribution in [0.25, 0.3) is 0 Å². The third-order valence-corrected chi connectivity index (χ3v) is 3.03. The quantitative estimate of drug-likeness (QED) is 0.934. The Kier molecular flexibility index (Phi) is 4.59. The number of nitrogens with one attached hydrogen (secondary N) is 1. The van der Waals surface area contributed by atoms with Crippen LogP contribution in [0.15, 0.2) is 35.4 Å². The van der Waals surface area contributed by atoms with Crippen LogP contribution in [0.1, 0.15) is 5.69 Å². The first-order chi connectivity index (χ1) is 9.95. The maximum absolute atomic E-state index is 11.7. The highest BCUT2D eigenvalue weighted by Crippen LogP contribution is 2.09. The summed E-state index contributed by atoms with van der Waals surface area (Å²) in [7, 11) is 1.79. The van der Waals surface area contributed by atoms with E-state index in [2.05, 4.69) is 10.3 Å². The fraction of sp³-hybridized carbons (Fsp3) is 0.214. The first kappa shape index (κ1) is 15.1. The van der Waals surface area contributed by atoms with Crippen molar-refractivity contribution in [1.82, 2.24) is 9.55 Å². The Labute approximate surface area is 126 Å². The van der Waals surface area contributed by atoms with E-state index in [-0.39, 0.29) is 17.8 Å². The molecule has 0 fully saturated rings. The number of carbonyl (C=O) groups is 1. The van der Waals surface area contributed by atoms with Gasteiger partial charge in [-0.15, -0.1) is 0 Å². The lowest BCUT2D eigenvalue weighted by molar-refractivity contribution is -0.118. The number of anilines is 1. The molecule has 2 rings (SSSR count). The minimum absolute atomic E-state index is 0.127. The summed E-state index contributed by atoms with van der Waals surface area (Å²) in [6.07, 6.45) is 2.97. The lowest BCUT2D eigenvalue weighted by Crippen LogP contribution is -2.23. The van der Waals surface area contributed by atoms with Crippen LogP contribution in [0.3, 0.4) is 0 Å². The Bertz CT molecular complexity index is 710. The summed E-state index contributed by atoms with van der Waals surface area (Å²) in [4.78, 5) is 27.4. The van der Waals surface area contributed by atoms with Crippen LogP contribution < -0.4 is 15.5 Å². The molecule has 0 aromatic carbocycles. The topological polar surface area (TPSA) is 73.2 Å². The van der Waals surface area contributed by atoms with E-state index in [0.717, 1.165) is 5.69 Å². The predicted octanol–water partition coefficient (Wildman–Crippen LogP) is 1.76. The second-order valence-electron chi connectivity index (χ2n) is 4.45. The Morgan fingerprint density at radius 2 is 2.24 bits per heavy atom. The second-order valence-corrected chi connectivity index (χ2v) is 4.89. The molecule has 0 atom stereocenters. The van der Waals surface area contributed by atoms with Gasteiger partial charge >= 0.3 is 0 Å². The molecule has 0 unspecified atom stereocenters. The number of pyridine rings is 2. The van der Waals surface area contributed by atoms with Crippen molar-refractivity contribution in [3.63, 3.8) is 0 Å². The first-order valence-corrected chi connectivity index (χ1v) is 6.55. The van der Waals surface area contributed by atoms with E-state index >= 15 is 0 Å². The summed E-state index contributed by atoms with van der Waals surface area (Å²) in [6.45, 7) is 1.53. The summed E-state index contributed by atoms with van der Waals surface area (Å²) in [5.41, 5.74) is 0.546. The smallest absolute Gasteiger partial charge is 0.263 e. The van der Waals surface area contributed by atoms with Crippen LogP contribution in [-0.2, 0) is 11.8 Å². The van der Waals surface area contributed by atoms with Crippen molar-refractivity contribution in [3.05, 3.63) is 51.5 Å². The largest absolute Gasteiger partial charge is 0.478 e. The second kappa shape index (κ2) is 6.41. The van der Waals surface area contributed by atoms with E-state index in [9.17, 15) is 9.59 Å². The number of aryl methyl sites for hydroxylation is 2. The normalized spacial score (nSPS) is 10.2. The number of aromatic nitrogens is 2. The van der Waals surface area contributed by atoms with Crippen molar-refractivity contribution in [2.24, 2.45) is 7.05 Å². The van der Waals surface area contributed by atoms with Crippen LogP contribution in [0.4, 0.5) is 5.82 Å². The first-order valence-electron chi connectivity index (χ1n) is 6.17. The zero-order chi connectivity index (χ0) is 15.4.